The zero-order valence-corrected chi connectivity index (χ0v) is 15.2. The van der Waals surface area contributed by atoms with Crippen molar-refractivity contribution in [2.45, 2.75) is 17.7 Å². The molecule has 1 saturated heterocycles. The van der Waals surface area contributed by atoms with Crippen molar-refractivity contribution in [3.63, 3.8) is 0 Å². The third-order valence-electron chi connectivity index (χ3n) is 3.61. The van der Waals surface area contributed by atoms with Gasteiger partial charge in [-0.15, -0.1) is 12.4 Å². The molecule has 1 atom stereocenters. The van der Waals surface area contributed by atoms with Gasteiger partial charge in [-0.2, -0.15) is 0 Å². The summed E-state index contributed by atoms with van der Waals surface area (Å²) in [6, 6.07) is 3.69. The lowest BCUT2D eigenvalue weighted by atomic mass is 10.1. The first-order chi connectivity index (χ1) is 11.0. The third kappa shape index (κ3) is 6.18. The third-order valence-corrected chi connectivity index (χ3v) is 5.07. The zero-order chi connectivity index (χ0) is 16.7. The van der Waals surface area contributed by atoms with Crippen LogP contribution in [0.1, 0.15) is 12.8 Å². The molecule has 0 spiro atoms. The molecule has 1 aliphatic rings. The first-order valence-corrected chi connectivity index (χ1v) is 9.15. The predicted octanol–water partition coefficient (Wildman–Crippen LogP) is 1.55. The van der Waals surface area contributed by atoms with E-state index in [4.69, 9.17) is 9.47 Å². The van der Waals surface area contributed by atoms with Crippen LogP contribution in [0, 0.1) is 11.7 Å². The maximum atomic E-state index is 14.0. The van der Waals surface area contributed by atoms with Crippen molar-refractivity contribution in [1.29, 1.82) is 0 Å². The number of ether oxygens (including phenoxy) is 2. The largest absolute Gasteiger partial charge is 0.490 e. The summed E-state index contributed by atoms with van der Waals surface area (Å²) in [5.41, 5.74) is 0. The Morgan fingerprint density at radius 1 is 1.38 bits per heavy atom. The Bertz CT molecular complexity index is 609. The highest BCUT2D eigenvalue weighted by molar-refractivity contribution is 7.89. The maximum Gasteiger partial charge on any atom is 0.240 e. The highest BCUT2D eigenvalue weighted by Crippen LogP contribution is 2.22. The van der Waals surface area contributed by atoms with Gasteiger partial charge in [-0.25, -0.2) is 17.5 Å². The molecular weight excluding hydrogens is 359 g/mol. The van der Waals surface area contributed by atoms with Crippen LogP contribution in [0.15, 0.2) is 23.1 Å². The van der Waals surface area contributed by atoms with Crippen molar-refractivity contribution in [2.75, 3.05) is 40.0 Å². The molecule has 1 unspecified atom stereocenters. The summed E-state index contributed by atoms with van der Waals surface area (Å²) < 4.78 is 51.3. The number of sulfonamides is 1. The number of benzene rings is 1. The van der Waals surface area contributed by atoms with Gasteiger partial charge in [0, 0.05) is 19.1 Å². The Morgan fingerprint density at radius 2 is 2.17 bits per heavy atom. The molecule has 9 heteroatoms. The first-order valence-electron chi connectivity index (χ1n) is 7.67. The minimum Gasteiger partial charge on any atom is -0.490 e. The Labute approximate surface area is 148 Å². The van der Waals surface area contributed by atoms with E-state index in [0.717, 1.165) is 12.5 Å². The molecule has 0 aliphatic carbocycles. The van der Waals surface area contributed by atoms with Crippen LogP contribution in [-0.4, -0.2) is 48.4 Å². The van der Waals surface area contributed by atoms with Crippen molar-refractivity contribution < 1.29 is 22.3 Å². The minimum absolute atomic E-state index is 0. The van der Waals surface area contributed by atoms with E-state index in [0.29, 0.717) is 39.3 Å². The van der Waals surface area contributed by atoms with Crippen LogP contribution in [0.3, 0.4) is 0 Å². The van der Waals surface area contributed by atoms with Gasteiger partial charge in [0.05, 0.1) is 18.1 Å². The maximum absolute atomic E-state index is 14.0. The van der Waals surface area contributed by atoms with E-state index in [1.165, 1.54) is 12.1 Å². The van der Waals surface area contributed by atoms with E-state index < -0.39 is 15.8 Å². The lowest BCUT2D eigenvalue weighted by molar-refractivity contribution is 0.165. The Hall–Kier alpha value is -0.930. The molecule has 1 aromatic rings. The normalized spacial score (nSPS) is 17.5. The molecule has 2 N–H and O–H groups in total. The molecule has 24 heavy (non-hydrogen) atoms. The number of hydrogen-bond donors (Lipinski definition) is 2. The average Bonchev–Trinajstić information content (AvgIpc) is 3.04. The molecule has 6 nitrogen and oxygen atoms in total. The van der Waals surface area contributed by atoms with Gasteiger partial charge in [-0.3, -0.25) is 0 Å². The molecule has 0 saturated carbocycles. The highest BCUT2D eigenvalue weighted by atomic mass is 35.5. The van der Waals surface area contributed by atoms with E-state index in [2.05, 4.69) is 10.0 Å². The lowest BCUT2D eigenvalue weighted by Crippen LogP contribution is -2.27. The summed E-state index contributed by atoms with van der Waals surface area (Å²) in [6.45, 7) is 2.68. The fourth-order valence-corrected chi connectivity index (χ4v) is 3.33. The van der Waals surface area contributed by atoms with E-state index >= 15 is 0 Å². The SMILES string of the molecule is CNCCCNS(=O)(=O)c1ccc(OCC2CCOC2)c(F)c1.Cl. The van der Waals surface area contributed by atoms with E-state index in [1.807, 2.05) is 0 Å². The van der Waals surface area contributed by atoms with Crippen molar-refractivity contribution >= 4 is 22.4 Å². The number of hydrogen-bond acceptors (Lipinski definition) is 5. The smallest absolute Gasteiger partial charge is 0.240 e. The summed E-state index contributed by atoms with van der Waals surface area (Å²) >= 11 is 0. The molecule has 1 heterocycles. The van der Waals surface area contributed by atoms with Crippen molar-refractivity contribution in [2.24, 2.45) is 5.92 Å². The van der Waals surface area contributed by atoms with E-state index in [1.54, 1.807) is 7.05 Å². The van der Waals surface area contributed by atoms with Gasteiger partial charge in [0.1, 0.15) is 0 Å². The van der Waals surface area contributed by atoms with Crippen LogP contribution in [0.2, 0.25) is 0 Å². The fraction of sp³-hybridized carbons (Fsp3) is 0.600. The summed E-state index contributed by atoms with van der Waals surface area (Å²) in [7, 11) is -1.91. The summed E-state index contributed by atoms with van der Waals surface area (Å²) in [5.74, 6) is -0.361. The molecule has 0 radical (unpaired) electrons. The van der Waals surface area contributed by atoms with Crippen LogP contribution in [0.25, 0.3) is 0 Å². The average molecular weight is 383 g/mol. The Morgan fingerprint density at radius 3 is 2.79 bits per heavy atom. The predicted molar refractivity (Wildman–Crippen MR) is 91.8 cm³/mol. The van der Waals surface area contributed by atoms with Gasteiger partial charge in [0.2, 0.25) is 10.0 Å². The topological polar surface area (TPSA) is 76.7 Å². The highest BCUT2D eigenvalue weighted by Gasteiger charge is 2.19. The van der Waals surface area contributed by atoms with Gasteiger partial charge < -0.3 is 14.8 Å². The second-order valence-corrected chi connectivity index (χ2v) is 7.25. The zero-order valence-electron chi connectivity index (χ0n) is 13.6. The molecule has 0 amide bonds. The molecule has 138 valence electrons. The monoisotopic (exact) mass is 382 g/mol. The minimum atomic E-state index is -3.70. The van der Waals surface area contributed by atoms with Crippen LogP contribution < -0.4 is 14.8 Å². The Balaban J connectivity index is 0.00000288. The fourth-order valence-electron chi connectivity index (χ4n) is 2.24. The number of halogens is 2. The van der Waals surface area contributed by atoms with Crippen molar-refractivity contribution in [3.05, 3.63) is 24.0 Å². The van der Waals surface area contributed by atoms with Crippen LogP contribution in [0.4, 0.5) is 4.39 Å². The van der Waals surface area contributed by atoms with Crippen LogP contribution in [0.5, 0.6) is 5.75 Å². The Kier molecular flexibility index (Phi) is 8.93. The molecule has 2 rings (SSSR count). The summed E-state index contributed by atoms with van der Waals surface area (Å²) in [6.07, 6.45) is 1.55. The molecule has 1 aromatic carbocycles. The van der Waals surface area contributed by atoms with Crippen LogP contribution in [-0.2, 0) is 14.8 Å². The summed E-state index contributed by atoms with van der Waals surface area (Å²) in [4.78, 5) is -0.101. The molecule has 1 fully saturated rings. The van der Waals surface area contributed by atoms with E-state index in [9.17, 15) is 12.8 Å². The second-order valence-electron chi connectivity index (χ2n) is 5.49. The van der Waals surface area contributed by atoms with Gasteiger partial charge in [-0.1, -0.05) is 0 Å². The first kappa shape index (κ1) is 21.1. The van der Waals surface area contributed by atoms with Gasteiger partial charge in [-0.05, 0) is 44.6 Å². The standard InChI is InChI=1S/C15H23FN2O4S.ClH/c1-17-6-2-7-18-23(19,20)13-3-4-15(14(16)9-13)22-11-12-5-8-21-10-12;/h3-4,9,12,17-18H,2,5-8,10-11H2,1H3;1H. The van der Waals surface area contributed by atoms with Crippen LogP contribution >= 0.6 is 12.4 Å². The molecule has 1 aliphatic heterocycles. The van der Waals surface area contributed by atoms with Crippen molar-refractivity contribution in [1.82, 2.24) is 10.0 Å². The van der Waals surface area contributed by atoms with Gasteiger partial charge >= 0.3 is 0 Å². The molecular formula is C15H24ClFN2O4S. The van der Waals surface area contributed by atoms with E-state index in [-0.39, 0.29) is 29.0 Å². The van der Waals surface area contributed by atoms with Crippen molar-refractivity contribution in [3.8, 4) is 5.75 Å². The second kappa shape index (κ2) is 10.1. The van der Waals surface area contributed by atoms with Gasteiger partial charge in [0.15, 0.2) is 11.6 Å². The van der Waals surface area contributed by atoms with Gasteiger partial charge in [0.25, 0.3) is 0 Å². The lowest BCUT2D eigenvalue weighted by Gasteiger charge is -2.12. The number of nitrogens with one attached hydrogen (secondary N) is 2. The number of rotatable bonds is 9. The molecule has 0 bridgehead atoms. The summed E-state index contributed by atoms with van der Waals surface area (Å²) in [5, 5.41) is 2.93. The quantitative estimate of drug-likeness (QED) is 0.634. The molecule has 0 aromatic heterocycles.